The minimum atomic E-state index is 0.533. The van der Waals surface area contributed by atoms with Gasteiger partial charge < -0.3 is 0 Å². The first-order valence-electron chi connectivity index (χ1n) is 17.3. The highest BCUT2D eigenvalue weighted by atomic mass is 14.6. The second-order valence-electron chi connectivity index (χ2n) is 15.4. The molecular formula is C43H48. The minimum absolute atomic E-state index is 0.533. The predicted octanol–water partition coefficient (Wildman–Crippen LogP) is 11.9. The Morgan fingerprint density at radius 3 is 1.65 bits per heavy atom. The van der Waals surface area contributed by atoms with E-state index < -0.39 is 0 Å². The van der Waals surface area contributed by atoms with Gasteiger partial charge in [0, 0.05) is 0 Å². The van der Waals surface area contributed by atoms with Crippen molar-refractivity contribution in [3.63, 3.8) is 0 Å². The molecule has 8 atom stereocenters. The van der Waals surface area contributed by atoms with Crippen LogP contribution in [-0.2, 0) is 0 Å². The van der Waals surface area contributed by atoms with E-state index in [1.54, 1.807) is 11.1 Å². The van der Waals surface area contributed by atoms with Crippen LogP contribution in [0, 0.1) is 34.5 Å². The van der Waals surface area contributed by atoms with E-state index in [9.17, 15) is 0 Å². The molecule has 4 saturated carbocycles. The van der Waals surface area contributed by atoms with Gasteiger partial charge in [-0.1, -0.05) is 123 Å². The van der Waals surface area contributed by atoms with Crippen molar-refractivity contribution in [1.29, 1.82) is 0 Å². The third kappa shape index (κ3) is 4.81. The van der Waals surface area contributed by atoms with Gasteiger partial charge >= 0.3 is 0 Å². The SMILES string of the molecule is C[C@]12CC[C@H]3[C@@H](CC[C@H]4C[C@H](c5ccc(-c6ccccc6)cc5)CC[C@@]43C)[C@@H]1C[C@H](c1ccc(-c3ccccc3)cc1)C2. The van der Waals surface area contributed by atoms with Crippen molar-refractivity contribution in [1.82, 2.24) is 0 Å². The Morgan fingerprint density at radius 2 is 1.05 bits per heavy atom. The summed E-state index contributed by atoms with van der Waals surface area (Å²) in [4.78, 5) is 0. The van der Waals surface area contributed by atoms with Crippen molar-refractivity contribution in [3.05, 3.63) is 120 Å². The van der Waals surface area contributed by atoms with Crippen LogP contribution in [0.25, 0.3) is 22.3 Å². The van der Waals surface area contributed by atoms with Crippen LogP contribution in [0.15, 0.2) is 109 Å². The highest BCUT2D eigenvalue weighted by molar-refractivity contribution is 5.64. The molecular weight excluding hydrogens is 516 g/mol. The largest absolute Gasteiger partial charge is 0.0622 e. The van der Waals surface area contributed by atoms with Crippen LogP contribution in [0.5, 0.6) is 0 Å². The topological polar surface area (TPSA) is 0 Å². The molecule has 4 aromatic rings. The van der Waals surface area contributed by atoms with Crippen molar-refractivity contribution < 1.29 is 0 Å². The van der Waals surface area contributed by atoms with Crippen molar-refractivity contribution in [2.24, 2.45) is 34.5 Å². The molecule has 0 unspecified atom stereocenters. The van der Waals surface area contributed by atoms with Crippen molar-refractivity contribution in [2.45, 2.75) is 83.5 Å². The van der Waals surface area contributed by atoms with Crippen LogP contribution < -0.4 is 0 Å². The van der Waals surface area contributed by atoms with E-state index in [1.165, 1.54) is 80.0 Å². The lowest BCUT2D eigenvalue weighted by atomic mass is 9.44. The first kappa shape index (κ1) is 27.4. The third-order valence-electron chi connectivity index (χ3n) is 13.4. The molecule has 4 aliphatic rings. The summed E-state index contributed by atoms with van der Waals surface area (Å²) in [6.07, 6.45) is 12.9. The molecule has 0 nitrogen and oxygen atoms in total. The fourth-order valence-electron chi connectivity index (χ4n) is 11.0. The Labute approximate surface area is 260 Å². The summed E-state index contributed by atoms with van der Waals surface area (Å²) in [6, 6.07) is 41.0. The molecule has 4 fully saturated rings. The average Bonchev–Trinajstić information content (AvgIpc) is 3.43. The third-order valence-corrected chi connectivity index (χ3v) is 13.4. The Balaban J connectivity index is 0.962. The summed E-state index contributed by atoms with van der Waals surface area (Å²) in [7, 11) is 0. The molecule has 0 heterocycles. The van der Waals surface area contributed by atoms with E-state index in [-0.39, 0.29) is 0 Å². The number of hydrogen-bond donors (Lipinski definition) is 0. The maximum absolute atomic E-state index is 2.74. The maximum atomic E-state index is 2.74. The van der Waals surface area contributed by atoms with Gasteiger partial charge in [-0.2, -0.15) is 0 Å². The summed E-state index contributed by atoms with van der Waals surface area (Å²) < 4.78 is 0. The van der Waals surface area contributed by atoms with Crippen LogP contribution in [0.4, 0.5) is 0 Å². The first-order chi connectivity index (χ1) is 21.0. The van der Waals surface area contributed by atoms with Gasteiger partial charge in [0.15, 0.2) is 0 Å². The van der Waals surface area contributed by atoms with Crippen LogP contribution in [0.2, 0.25) is 0 Å². The summed E-state index contributed by atoms with van der Waals surface area (Å²) in [5, 5.41) is 0. The molecule has 8 rings (SSSR count). The summed E-state index contributed by atoms with van der Waals surface area (Å²) in [5.41, 5.74) is 9.59. The van der Waals surface area contributed by atoms with E-state index in [2.05, 4.69) is 123 Å². The zero-order valence-electron chi connectivity index (χ0n) is 26.2. The highest BCUT2D eigenvalue weighted by Crippen LogP contribution is 2.68. The second-order valence-corrected chi connectivity index (χ2v) is 15.4. The van der Waals surface area contributed by atoms with E-state index in [0.29, 0.717) is 10.8 Å². The molecule has 43 heavy (non-hydrogen) atoms. The molecule has 0 saturated heterocycles. The average molecular weight is 565 g/mol. The first-order valence-corrected chi connectivity index (χ1v) is 17.3. The summed E-state index contributed by atoms with van der Waals surface area (Å²) in [6.45, 7) is 5.41. The standard InChI is InChI=1S/C43H48/c1-42-25-24-40-39(41(42)28-37(29-42)35-19-15-33(16-20-35)31-11-7-4-8-12-31)22-21-38-27-36(23-26-43(38,40)2)34-17-13-32(14-18-34)30-9-5-3-6-10-30/h3-20,36-41H,21-29H2,1-2H3/t36-,37+,38+,39-,40+,41+,42-,43+/m1/s1. The molecule has 0 aromatic heterocycles. The van der Waals surface area contributed by atoms with E-state index in [1.807, 2.05) is 0 Å². The number of hydrogen-bond acceptors (Lipinski definition) is 0. The zero-order chi connectivity index (χ0) is 29.0. The maximum Gasteiger partial charge on any atom is -0.0154 e. The smallest absolute Gasteiger partial charge is 0.0154 e. The Kier molecular flexibility index (Phi) is 6.89. The molecule has 0 amide bonds. The number of rotatable bonds is 4. The Bertz CT molecular complexity index is 1530. The van der Waals surface area contributed by atoms with Gasteiger partial charge in [-0.05, 0) is 138 Å². The highest BCUT2D eigenvalue weighted by Gasteiger charge is 2.59. The zero-order valence-corrected chi connectivity index (χ0v) is 26.2. The molecule has 0 aliphatic heterocycles. The fourth-order valence-corrected chi connectivity index (χ4v) is 11.0. The van der Waals surface area contributed by atoms with Crippen LogP contribution in [0.3, 0.4) is 0 Å². The molecule has 0 radical (unpaired) electrons. The lowest BCUT2D eigenvalue weighted by molar-refractivity contribution is -0.106. The number of benzene rings is 4. The molecule has 0 heteroatoms. The lowest BCUT2D eigenvalue weighted by Crippen LogP contribution is -2.52. The van der Waals surface area contributed by atoms with Crippen LogP contribution in [-0.4, -0.2) is 0 Å². The number of fused-ring (bicyclic) bond motifs is 5. The summed E-state index contributed by atoms with van der Waals surface area (Å²) >= 11 is 0. The predicted molar refractivity (Wildman–Crippen MR) is 181 cm³/mol. The van der Waals surface area contributed by atoms with Gasteiger partial charge in [0.25, 0.3) is 0 Å². The molecule has 0 N–H and O–H groups in total. The normalized spacial score (nSPS) is 35.0. The molecule has 4 aromatic carbocycles. The van der Waals surface area contributed by atoms with Gasteiger partial charge in [0.1, 0.15) is 0 Å². The van der Waals surface area contributed by atoms with Gasteiger partial charge in [-0.15, -0.1) is 0 Å². The van der Waals surface area contributed by atoms with Gasteiger partial charge in [-0.3, -0.25) is 0 Å². The van der Waals surface area contributed by atoms with Gasteiger partial charge in [-0.25, -0.2) is 0 Å². The molecule has 4 aliphatic carbocycles. The monoisotopic (exact) mass is 564 g/mol. The van der Waals surface area contributed by atoms with Crippen molar-refractivity contribution in [3.8, 4) is 22.3 Å². The second kappa shape index (κ2) is 10.8. The summed E-state index contributed by atoms with van der Waals surface area (Å²) in [5.74, 6) is 5.15. The van der Waals surface area contributed by atoms with Gasteiger partial charge in [0.2, 0.25) is 0 Å². The van der Waals surface area contributed by atoms with Crippen molar-refractivity contribution >= 4 is 0 Å². The van der Waals surface area contributed by atoms with Crippen LogP contribution in [0.1, 0.15) is 94.6 Å². The lowest BCUT2D eigenvalue weighted by Gasteiger charge is -2.60. The van der Waals surface area contributed by atoms with Gasteiger partial charge in [0.05, 0.1) is 0 Å². The molecule has 0 bridgehead atoms. The molecule has 220 valence electrons. The van der Waals surface area contributed by atoms with E-state index >= 15 is 0 Å². The molecule has 0 spiro atoms. The van der Waals surface area contributed by atoms with E-state index in [4.69, 9.17) is 0 Å². The minimum Gasteiger partial charge on any atom is -0.0622 e. The van der Waals surface area contributed by atoms with Crippen molar-refractivity contribution in [2.75, 3.05) is 0 Å². The Hall–Kier alpha value is -3.12. The van der Waals surface area contributed by atoms with Crippen LogP contribution >= 0.6 is 0 Å². The Morgan fingerprint density at radius 1 is 0.488 bits per heavy atom. The quantitative estimate of drug-likeness (QED) is 0.231. The fraction of sp³-hybridized carbons (Fsp3) is 0.442. The van der Waals surface area contributed by atoms with E-state index in [0.717, 1.165) is 35.5 Å².